The number of carbonyl (C=O) groups is 1. The van der Waals surface area contributed by atoms with E-state index in [4.69, 9.17) is 9.15 Å². The van der Waals surface area contributed by atoms with Crippen LogP contribution in [0.2, 0.25) is 0 Å². The number of imidazole rings is 1. The van der Waals surface area contributed by atoms with Crippen LogP contribution in [0, 0.1) is 0 Å². The Bertz CT molecular complexity index is 681. The van der Waals surface area contributed by atoms with Gasteiger partial charge in [-0.1, -0.05) is 0 Å². The van der Waals surface area contributed by atoms with E-state index in [1.165, 1.54) is 6.26 Å². The molecule has 7 nitrogen and oxygen atoms in total. The number of aromatic nitrogens is 2. The van der Waals surface area contributed by atoms with Crippen LogP contribution < -0.4 is 0 Å². The Morgan fingerprint density at radius 1 is 1.43 bits per heavy atom. The van der Waals surface area contributed by atoms with Crippen LogP contribution in [0.5, 0.6) is 0 Å². The highest BCUT2D eigenvalue weighted by Crippen LogP contribution is 2.25. The Labute approximate surface area is 134 Å². The first-order valence-electron chi connectivity index (χ1n) is 7.87. The number of hydrogen-bond acceptors (Lipinski definition) is 5. The first-order chi connectivity index (χ1) is 11.2. The molecular formula is C16H20N4O3. The number of furan rings is 1. The van der Waals surface area contributed by atoms with Gasteiger partial charge in [0.25, 0.3) is 5.91 Å². The minimum Gasteiger partial charge on any atom is -0.459 e. The fourth-order valence-electron chi connectivity index (χ4n) is 3.44. The number of nitrogens with zero attached hydrogens (tertiary/aromatic N) is 4. The van der Waals surface area contributed by atoms with E-state index in [-0.39, 0.29) is 18.1 Å². The molecular weight excluding hydrogens is 296 g/mol. The number of carbonyl (C=O) groups excluding carboxylic acids is 1. The largest absolute Gasteiger partial charge is 0.459 e. The minimum atomic E-state index is -0.0489. The van der Waals surface area contributed by atoms with Gasteiger partial charge in [0, 0.05) is 39.1 Å². The summed E-state index contributed by atoms with van der Waals surface area (Å²) in [6, 6.07) is 3.53. The maximum absolute atomic E-state index is 12.6. The fourth-order valence-corrected chi connectivity index (χ4v) is 3.44. The van der Waals surface area contributed by atoms with E-state index >= 15 is 0 Å². The van der Waals surface area contributed by atoms with Crippen molar-refractivity contribution in [1.82, 2.24) is 19.4 Å². The molecule has 2 aromatic rings. The highest BCUT2D eigenvalue weighted by Gasteiger charge is 2.42. The molecule has 2 saturated heterocycles. The molecule has 4 heterocycles. The summed E-state index contributed by atoms with van der Waals surface area (Å²) in [6.45, 7) is 3.56. The van der Waals surface area contributed by atoms with Crippen molar-refractivity contribution >= 4 is 5.91 Å². The highest BCUT2D eigenvalue weighted by molar-refractivity contribution is 5.91. The second-order valence-corrected chi connectivity index (χ2v) is 6.10. The summed E-state index contributed by atoms with van der Waals surface area (Å²) in [7, 11) is 1.99. The van der Waals surface area contributed by atoms with Crippen molar-refractivity contribution in [3.63, 3.8) is 0 Å². The van der Waals surface area contributed by atoms with Gasteiger partial charge in [0.1, 0.15) is 5.82 Å². The predicted molar refractivity (Wildman–Crippen MR) is 81.8 cm³/mol. The van der Waals surface area contributed by atoms with Crippen LogP contribution in [0.4, 0.5) is 0 Å². The van der Waals surface area contributed by atoms with Crippen molar-refractivity contribution in [2.45, 2.75) is 18.7 Å². The lowest BCUT2D eigenvalue weighted by atomic mass is 10.1. The van der Waals surface area contributed by atoms with Crippen LogP contribution in [0.1, 0.15) is 16.4 Å². The summed E-state index contributed by atoms with van der Waals surface area (Å²) in [5.74, 6) is 1.37. The molecule has 7 heteroatoms. The van der Waals surface area contributed by atoms with Gasteiger partial charge in [-0.15, -0.1) is 0 Å². The molecule has 0 saturated carbocycles. The second kappa shape index (κ2) is 5.82. The fraction of sp³-hybridized carbons (Fsp3) is 0.500. The van der Waals surface area contributed by atoms with Crippen molar-refractivity contribution in [2.24, 2.45) is 7.05 Å². The van der Waals surface area contributed by atoms with Crippen molar-refractivity contribution in [2.75, 3.05) is 26.2 Å². The molecule has 0 aliphatic carbocycles. The van der Waals surface area contributed by atoms with Gasteiger partial charge in [-0.2, -0.15) is 0 Å². The van der Waals surface area contributed by atoms with Gasteiger partial charge >= 0.3 is 0 Å². The van der Waals surface area contributed by atoms with E-state index in [1.807, 2.05) is 28.9 Å². The Kier molecular flexibility index (Phi) is 3.66. The van der Waals surface area contributed by atoms with Crippen LogP contribution in [0.15, 0.2) is 35.2 Å². The molecule has 23 heavy (non-hydrogen) atoms. The first-order valence-corrected chi connectivity index (χ1v) is 7.87. The lowest BCUT2D eigenvalue weighted by Crippen LogP contribution is -2.53. The maximum atomic E-state index is 12.6. The molecule has 2 aliphatic heterocycles. The quantitative estimate of drug-likeness (QED) is 0.836. The van der Waals surface area contributed by atoms with E-state index in [2.05, 4.69) is 9.88 Å². The smallest absolute Gasteiger partial charge is 0.290 e. The molecule has 0 spiro atoms. The van der Waals surface area contributed by atoms with E-state index in [0.717, 1.165) is 25.5 Å². The summed E-state index contributed by atoms with van der Waals surface area (Å²) in [5.41, 5.74) is 0. The number of ether oxygens (including phenoxy) is 1. The predicted octanol–water partition coefficient (Wildman–Crippen LogP) is 0.738. The van der Waals surface area contributed by atoms with E-state index in [1.54, 1.807) is 12.1 Å². The summed E-state index contributed by atoms with van der Waals surface area (Å²) in [6.07, 6.45) is 5.35. The molecule has 2 fully saturated rings. The third-order valence-corrected chi connectivity index (χ3v) is 4.66. The lowest BCUT2D eigenvalue weighted by molar-refractivity contribution is -0.0380. The van der Waals surface area contributed by atoms with Gasteiger partial charge in [-0.25, -0.2) is 4.98 Å². The summed E-state index contributed by atoms with van der Waals surface area (Å²) in [5, 5.41) is 0. The molecule has 0 unspecified atom stereocenters. The van der Waals surface area contributed by atoms with Crippen LogP contribution in [0.3, 0.4) is 0 Å². The number of morpholine rings is 1. The average molecular weight is 316 g/mol. The Morgan fingerprint density at radius 3 is 3.09 bits per heavy atom. The van der Waals surface area contributed by atoms with Crippen molar-refractivity contribution in [3.8, 4) is 0 Å². The zero-order chi connectivity index (χ0) is 15.8. The molecule has 2 atom stereocenters. The Morgan fingerprint density at radius 2 is 2.35 bits per heavy atom. The third kappa shape index (κ3) is 2.66. The van der Waals surface area contributed by atoms with Gasteiger partial charge in [0.2, 0.25) is 0 Å². The summed E-state index contributed by atoms with van der Waals surface area (Å²) >= 11 is 0. The van der Waals surface area contributed by atoms with Crippen molar-refractivity contribution in [1.29, 1.82) is 0 Å². The van der Waals surface area contributed by atoms with Crippen molar-refractivity contribution < 1.29 is 13.9 Å². The first kappa shape index (κ1) is 14.5. The lowest BCUT2D eigenvalue weighted by Gasteiger charge is -2.36. The van der Waals surface area contributed by atoms with E-state index < -0.39 is 0 Å². The maximum Gasteiger partial charge on any atom is 0.290 e. The zero-order valence-electron chi connectivity index (χ0n) is 13.1. The average Bonchev–Trinajstić information content (AvgIpc) is 3.27. The molecule has 2 aliphatic rings. The van der Waals surface area contributed by atoms with E-state index in [9.17, 15) is 4.79 Å². The Balaban J connectivity index is 1.48. The van der Waals surface area contributed by atoms with Gasteiger partial charge in [0.05, 0.1) is 31.6 Å². The normalized spacial score (nSPS) is 24.8. The molecule has 0 bridgehead atoms. The molecule has 0 radical (unpaired) electrons. The number of fused-ring (bicyclic) bond motifs is 1. The number of hydrogen-bond donors (Lipinski definition) is 0. The number of amides is 1. The van der Waals surface area contributed by atoms with Crippen LogP contribution >= 0.6 is 0 Å². The van der Waals surface area contributed by atoms with Crippen LogP contribution in [0.25, 0.3) is 0 Å². The van der Waals surface area contributed by atoms with Gasteiger partial charge in [-0.05, 0) is 12.1 Å². The molecule has 122 valence electrons. The molecule has 4 rings (SSSR count). The standard InChI is InChI=1S/C16H20N4O3/c1-18-5-4-17-15(18)11-19-9-12-14(10-19)23-8-6-20(12)16(21)13-3-2-7-22-13/h2-5,7,12,14H,6,8-11H2,1H3/t12-,14+/m1/s1. The van der Waals surface area contributed by atoms with Crippen molar-refractivity contribution in [3.05, 3.63) is 42.4 Å². The minimum absolute atomic E-state index is 0.0489. The Hall–Kier alpha value is -2.12. The summed E-state index contributed by atoms with van der Waals surface area (Å²) in [4.78, 5) is 21.2. The van der Waals surface area contributed by atoms with Crippen LogP contribution in [-0.2, 0) is 18.3 Å². The molecule has 2 aromatic heterocycles. The zero-order valence-corrected chi connectivity index (χ0v) is 13.1. The highest BCUT2D eigenvalue weighted by atomic mass is 16.5. The summed E-state index contributed by atoms with van der Waals surface area (Å²) < 4.78 is 13.2. The molecule has 1 amide bonds. The molecule has 0 N–H and O–H groups in total. The van der Waals surface area contributed by atoms with Gasteiger partial charge < -0.3 is 18.6 Å². The van der Waals surface area contributed by atoms with Gasteiger partial charge in [0.15, 0.2) is 5.76 Å². The van der Waals surface area contributed by atoms with Gasteiger partial charge in [-0.3, -0.25) is 9.69 Å². The topological polar surface area (TPSA) is 63.7 Å². The number of rotatable bonds is 3. The third-order valence-electron chi connectivity index (χ3n) is 4.66. The molecule has 0 aromatic carbocycles. The van der Waals surface area contributed by atoms with Crippen LogP contribution in [-0.4, -0.2) is 63.6 Å². The second-order valence-electron chi connectivity index (χ2n) is 6.10. The monoisotopic (exact) mass is 316 g/mol. The SMILES string of the molecule is Cn1ccnc1CN1C[C@@H]2OCCN(C(=O)c3ccco3)[C@@H]2C1. The number of aryl methyl sites for hydroxylation is 1. The number of likely N-dealkylation sites (tertiary alicyclic amines) is 1. The van der Waals surface area contributed by atoms with E-state index in [0.29, 0.717) is 18.9 Å².